The highest BCUT2D eigenvalue weighted by atomic mass is 35.5. The number of phenolic OH excluding ortho intramolecular Hbond substituents is 1. The summed E-state index contributed by atoms with van der Waals surface area (Å²) in [7, 11) is 0. The molecular weight excluding hydrogens is 611 g/mol. The zero-order valence-corrected chi connectivity index (χ0v) is 24.1. The number of fused-ring (bicyclic) bond motifs is 6. The number of hydrogen-bond acceptors (Lipinski definition) is 9. The maximum absolute atomic E-state index is 16.6. The third-order valence-corrected chi connectivity index (χ3v) is 10.1. The molecule has 1 aromatic carbocycles. The summed E-state index contributed by atoms with van der Waals surface area (Å²) in [5.41, 5.74) is -3.70. The van der Waals surface area contributed by atoms with Crippen LogP contribution in [0.1, 0.15) is 37.7 Å². The molecule has 0 radical (unpaired) electrons. The summed E-state index contributed by atoms with van der Waals surface area (Å²) < 4.78 is 85.8. The third-order valence-electron chi connectivity index (χ3n) is 9.78. The Bertz CT molecular complexity index is 1680. The van der Waals surface area contributed by atoms with Crippen molar-refractivity contribution in [1.82, 2.24) is 25.2 Å². The molecule has 7 heterocycles. The molecule has 2 N–H and O–H groups in total. The molecule has 5 atom stereocenters. The first kappa shape index (κ1) is 28.3. The molecule has 4 saturated heterocycles. The number of nitrogens with one attached hydrogen (secondary N) is 1. The summed E-state index contributed by atoms with van der Waals surface area (Å²) in [5.74, 6) is -1.58. The third kappa shape index (κ3) is 4.35. The fourth-order valence-corrected chi connectivity index (χ4v) is 8.20. The highest BCUT2D eigenvalue weighted by Gasteiger charge is 2.50. The van der Waals surface area contributed by atoms with Gasteiger partial charge in [-0.25, -0.2) is 13.8 Å². The quantitative estimate of drug-likeness (QED) is 0.388. The van der Waals surface area contributed by atoms with E-state index in [2.05, 4.69) is 20.2 Å². The normalized spacial score (nSPS) is 29.5. The number of halogens is 6. The topological polar surface area (TPSA) is 95.9 Å². The van der Waals surface area contributed by atoms with Gasteiger partial charge in [-0.15, -0.1) is 0 Å². The van der Waals surface area contributed by atoms with Crippen molar-refractivity contribution in [3.63, 3.8) is 0 Å². The van der Waals surface area contributed by atoms with Crippen molar-refractivity contribution in [2.75, 3.05) is 37.7 Å². The number of rotatable bonds is 4. The molecule has 2 aromatic heterocycles. The van der Waals surface area contributed by atoms with E-state index in [1.807, 2.05) is 4.90 Å². The van der Waals surface area contributed by atoms with Crippen LogP contribution >= 0.6 is 11.6 Å². The number of aromatic nitrogens is 3. The zero-order valence-electron chi connectivity index (χ0n) is 23.3. The van der Waals surface area contributed by atoms with Crippen LogP contribution in [-0.2, 0) is 6.18 Å². The molecule has 0 spiro atoms. The molecule has 5 aliphatic rings. The van der Waals surface area contributed by atoms with Gasteiger partial charge in [0.1, 0.15) is 47.5 Å². The van der Waals surface area contributed by atoms with Crippen molar-refractivity contribution < 1.29 is 36.5 Å². The van der Waals surface area contributed by atoms with Crippen LogP contribution in [0.3, 0.4) is 0 Å². The molecule has 44 heavy (non-hydrogen) atoms. The number of alkyl halides is 4. The summed E-state index contributed by atoms with van der Waals surface area (Å²) >= 11 is 5.93. The van der Waals surface area contributed by atoms with Crippen LogP contribution in [-0.4, -0.2) is 87.6 Å². The van der Waals surface area contributed by atoms with Gasteiger partial charge in [0.05, 0.1) is 22.2 Å². The molecule has 15 heteroatoms. The summed E-state index contributed by atoms with van der Waals surface area (Å²) in [6, 6.07) is 1.33. The molecule has 5 aliphatic heterocycles. The molecule has 2 bridgehead atoms. The Morgan fingerprint density at radius 3 is 2.84 bits per heavy atom. The minimum absolute atomic E-state index is 0.0504. The fourth-order valence-electron chi connectivity index (χ4n) is 7.88. The Balaban J connectivity index is 1.31. The first-order chi connectivity index (χ1) is 21.0. The average molecular weight is 639 g/mol. The Morgan fingerprint density at radius 1 is 1.18 bits per heavy atom. The molecule has 0 unspecified atom stereocenters. The van der Waals surface area contributed by atoms with Gasteiger partial charge < -0.3 is 24.8 Å². The number of piperazine rings is 1. The highest BCUT2D eigenvalue weighted by Crippen LogP contribution is 2.48. The second kappa shape index (κ2) is 9.88. The molecular formula is C29H28ClF5N6O3. The maximum Gasteiger partial charge on any atom is 0.418 e. The van der Waals surface area contributed by atoms with E-state index < -0.39 is 51.3 Å². The minimum Gasteiger partial charge on any atom is -0.508 e. The largest absolute Gasteiger partial charge is 0.508 e. The lowest BCUT2D eigenvalue weighted by atomic mass is 9.95. The number of nitrogens with zero attached hydrogens (tertiary/aromatic N) is 5. The summed E-state index contributed by atoms with van der Waals surface area (Å²) in [4.78, 5) is 17.4. The maximum atomic E-state index is 16.6. The molecule has 9 nitrogen and oxygen atoms in total. The number of pyridine rings is 1. The van der Waals surface area contributed by atoms with Gasteiger partial charge in [-0.2, -0.15) is 23.1 Å². The monoisotopic (exact) mass is 638 g/mol. The number of ether oxygens (including phenoxy) is 2. The van der Waals surface area contributed by atoms with E-state index >= 15 is 4.39 Å². The van der Waals surface area contributed by atoms with Crippen LogP contribution in [0.5, 0.6) is 17.6 Å². The Kier molecular flexibility index (Phi) is 6.35. The predicted molar refractivity (Wildman–Crippen MR) is 150 cm³/mol. The Morgan fingerprint density at radius 2 is 2.02 bits per heavy atom. The summed E-state index contributed by atoms with van der Waals surface area (Å²) in [6.07, 6.45) is -2.22. The van der Waals surface area contributed by atoms with Crippen molar-refractivity contribution in [2.45, 2.75) is 68.1 Å². The Labute approximate surface area is 253 Å². The van der Waals surface area contributed by atoms with Crippen LogP contribution in [0.25, 0.3) is 22.2 Å². The molecule has 234 valence electrons. The lowest BCUT2D eigenvalue weighted by Crippen LogP contribution is -2.60. The number of hydrogen-bond donors (Lipinski definition) is 2. The van der Waals surface area contributed by atoms with Gasteiger partial charge in [0.15, 0.2) is 5.82 Å². The van der Waals surface area contributed by atoms with Gasteiger partial charge in [0, 0.05) is 37.2 Å². The number of phenols is 1. The smallest absolute Gasteiger partial charge is 0.418 e. The minimum atomic E-state index is -4.99. The van der Waals surface area contributed by atoms with Crippen molar-refractivity contribution >= 4 is 28.3 Å². The standard InChI is InChI=1S/C29H28ClF5N6O3/c30-17-7-15(42)6-16(21(17)29(33,34)35)23-22(32)24-20-25(41-10-14-2-3-18(36-14)19(41)11-43-26(20)37-23)39-27(38-24)44-12-28-4-1-5-40(28)9-13(31)8-28/h6-7,13-14,18-19,36,42H,1-5,8-12H2/t13-,14-,18+,19+,28-/m1/s1. The van der Waals surface area contributed by atoms with E-state index in [9.17, 15) is 22.7 Å². The van der Waals surface area contributed by atoms with Gasteiger partial charge in [-0.05, 0) is 44.4 Å². The highest BCUT2D eigenvalue weighted by molar-refractivity contribution is 6.32. The van der Waals surface area contributed by atoms with Crippen LogP contribution in [0.2, 0.25) is 5.02 Å². The lowest BCUT2D eigenvalue weighted by Gasteiger charge is -2.40. The average Bonchev–Trinajstić information content (AvgIpc) is 3.59. The van der Waals surface area contributed by atoms with Crippen LogP contribution in [0, 0.1) is 5.82 Å². The second-order valence-corrected chi connectivity index (χ2v) is 12.8. The molecule has 8 rings (SSSR count). The van der Waals surface area contributed by atoms with Gasteiger partial charge in [0.25, 0.3) is 0 Å². The fraction of sp³-hybridized carbons (Fsp3) is 0.552. The molecule has 0 aliphatic carbocycles. The van der Waals surface area contributed by atoms with Crippen molar-refractivity contribution in [1.29, 1.82) is 0 Å². The Hall–Kier alpha value is -3.23. The van der Waals surface area contributed by atoms with Crippen molar-refractivity contribution in [3.05, 3.63) is 28.5 Å². The van der Waals surface area contributed by atoms with Gasteiger partial charge in [-0.1, -0.05) is 11.6 Å². The second-order valence-electron chi connectivity index (χ2n) is 12.4. The van der Waals surface area contributed by atoms with Crippen molar-refractivity contribution in [3.8, 4) is 28.9 Å². The number of anilines is 1. The molecule has 0 saturated carbocycles. The number of aromatic hydroxyl groups is 1. The van der Waals surface area contributed by atoms with E-state index in [0.29, 0.717) is 25.3 Å². The summed E-state index contributed by atoms with van der Waals surface area (Å²) in [6.45, 7) is 1.80. The van der Waals surface area contributed by atoms with Crippen LogP contribution in [0.15, 0.2) is 12.1 Å². The van der Waals surface area contributed by atoms with E-state index in [-0.39, 0.29) is 54.1 Å². The van der Waals surface area contributed by atoms with Gasteiger partial charge in [0.2, 0.25) is 5.88 Å². The zero-order chi connectivity index (χ0) is 30.5. The van der Waals surface area contributed by atoms with E-state index in [4.69, 9.17) is 26.1 Å². The molecule has 3 aromatic rings. The predicted octanol–water partition coefficient (Wildman–Crippen LogP) is 4.87. The van der Waals surface area contributed by atoms with E-state index in [0.717, 1.165) is 44.4 Å². The van der Waals surface area contributed by atoms with Crippen LogP contribution in [0.4, 0.5) is 27.8 Å². The number of benzene rings is 1. The SMILES string of the molecule is Oc1cc(Cl)c(C(F)(F)F)c(-c2nc3c4c(nc(OC[C@]56CCCN5C[C@H](F)C6)nc4c2F)N2C[C@H]4CC[C@H](N4)[C@@H]2CO3)c1. The molecule has 4 fully saturated rings. The van der Waals surface area contributed by atoms with Gasteiger partial charge in [-0.3, -0.25) is 4.90 Å². The first-order valence-electron chi connectivity index (χ1n) is 14.7. The summed E-state index contributed by atoms with van der Waals surface area (Å²) in [5, 5.41) is 13.0. The first-order valence-corrected chi connectivity index (χ1v) is 15.1. The van der Waals surface area contributed by atoms with E-state index in [1.54, 1.807) is 0 Å². The molecule has 0 amide bonds. The van der Waals surface area contributed by atoms with E-state index in [1.165, 1.54) is 0 Å². The van der Waals surface area contributed by atoms with Crippen molar-refractivity contribution in [2.24, 2.45) is 0 Å². The van der Waals surface area contributed by atoms with Gasteiger partial charge >= 0.3 is 12.2 Å². The van der Waals surface area contributed by atoms with Crippen LogP contribution < -0.4 is 19.7 Å². The lowest BCUT2D eigenvalue weighted by molar-refractivity contribution is -0.137.